The van der Waals surface area contributed by atoms with Crippen LogP contribution in [0, 0.1) is 6.92 Å². The number of benzene rings is 1. The maximum atomic E-state index is 3.66. The molecule has 0 saturated heterocycles. The standard InChI is InChI=1S/C17H21NS/c1-3-9-18-16-7-5-13-11-14(4-6-15(13)16)17-12(2)8-10-19-17/h4,6,8,10-11,16,18H,3,5,7,9H2,1-2H3. The van der Waals surface area contributed by atoms with Gasteiger partial charge < -0.3 is 5.32 Å². The Balaban J connectivity index is 1.88. The van der Waals surface area contributed by atoms with Crippen LogP contribution in [0.15, 0.2) is 29.6 Å². The van der Waals surface area contributed by atoms with Crippen molar-refractivity contribution in [1.29, 1.82) is 0 Å². The lowest BCUT2D eigenvalue weighted by molar-refractivity contribution is 0.529. The average molecular weight is 271 g/mol. The average Bonchev–Trinajstić information content (AvgIpc) is 3.02. The predicted octanol–water partition coefficient (Wildman–Crippen LogP) is 4.71. The summed E-state index contributed by atoms with van der Waals surface area (Å²) in [6, 6.07) is 9.82. The van der Waals surface area contributed by atoms with Crippen molar-refractivity contribution >= 4 is 11.3 Å². The van der Waals surface area contributed by atoms with Crippen LogP contribution in [0.2, 0.25) is 0 Å². The molecule has 1 atom stereocenters. The Labute approximate surface area is 119 Å². The van der Waals surface area contributed by atoms with Crippen LogP contribution in [0.5, 0.6) is 0 Å². The highest BCUT2D eigenvalue weighted by Gasteiger charge is 2.22. The molecule has 100 valence electrons. The number of aryl methyl sites for hydroxylation is 2. The number of nitrogens with one attached hydrogen (secondary N) is 1. The summed E-state index contributed by atoms with van der Waals surface area (Å²) in [5, 5.41) is 5.84. The Morgan fingerprint density at radius 1 is 1.32 bits per heavy atom. The lowest BCUT2D eigenvalue weighted by Gasteiger charge is -2.13. The molecular weight excluding hydrogens is 250 g/mol. The van der Waals surface area contributed by atoms with Crippen molar-refractivity contribution in [2.45, 2.75) is 39.2 Å². The molecule has 1 aliphatic rings. The van der Waals surface area contributed by atoms with Crippen molar-refractivity contribution in [3.63, 3.8) is 0 Å². The fourth-order valence-electron chi connectivity index (χ4n) is 2.96. The lowest BCUT2D eigenvalue weighted by atomic mass is 10.0. The maximum absolute atomic E-state index is 3.66. The van der Waals surface area contributed by atoms with Gasteiger partial charge in [-0.15, -0.1) is 11.3 Å². The molecule has 0 saturated carbocycles. The molecule has 0 fully saturated rings. The van der Waals surface area contributed by atoms with E-state index in [0.717, 1.165) is 6.54 Å². The van der Waals surface area contributed by atoms with E-state index in [0.29, 0.717) is 6.04 Å². The topological polar surface area (TPSA) is 12.0 Å². The molecule has 1 aromatic carbocycles. The van der Waals surface area contributed by atoms with E-state index in [4.69, 9.17) is 0 Å². The van der Waals surface area contributed by atoms with E-state index < -0.39 is 0 Å². The molecule has 3 rings (SSSR count). The van der Waals surface area contributed by atoms with Gasteiger partial charge in [-0.05, 0) is 72.5 Å². The second-order valence-electron chi connectivity index (χ2n) is 5.39. The summed E-state index contributed by atoms with van der Waals surface area (Å²) in [6.45, 7) is 5.55. The molecule has 2 heteroatoms. The summed E-state index contributed by atoms with van der Waals surface area (Å²) in [6.07, 6.45) is 3.68. The van der Waals surface area contributed by atoms with Crippen LogP contribution in [-0.4, -0.2) is 6.54 Å². The number of fused-ring (bicyclic) bond motifs is 1. The van der Waals surface area contributed by atoms with Gasteiger partial charge >= 0.3 is 0 Å². The summed E-state index contributed by atoms with van der Waals surface area (Å²) in [5.74, 6) is 0. The molecule has 1 aromatic heterocycles. The van der Waals surface area contributed by atoms with Crippen LogP contribution in [-0.2, 0) is 6.42 Å². The fraction of sp³-hybridized carbons (Fsp3) is 0.412. The fourth-order valence-corrected chi connectivity index (χ4v) is 3.88. The molecule has 1 heterocycles. The van der Waals surface area contributed by atoms with Gasteiger partial charge in [0.15, 0.2) is 0 Å². The van der Waals surface area contributed by atoms with Crippen molar-refractivity contribution in [1.82, 2.24) is 5.32 Å². The van der Waals surface area contributed by atoms with Crippen LogP contribution >= 0.6 is 11.3 Å². The molecule has 1 unspecified atom stereocenters. The summed E-state index contributed by atoms with van der Waals surface area (Å²) in [5.41, 5.74) is 5.84. The van der Waals surface area contributed by atoms with Crippen LogP contribution in [0.1, 0.15) is 42.5 Å². The van der Waals surface area contributed by atoms with Crippen LogP contribution < -0.4 is 5.32 Å². The van der Waals surface area contributed by atoms with Crippen LogP contribution in [0.25, 0.3) is 10.4 Å². The van der Waals surface area contributed by atoms with Crippen molar-refractivity contribution < 1.29 is 0 Å². The maximum Gasteiger partial charge on any atom is 0.0371 e. The zero-order chi connectivity index (χ0) is 13.2. The Bertz CT molecular complexity index is 570. The number of hydrogen-bond donors (Lipinski definition) is 1. The van der Waals surface area contributed by atoms with E-state index >= 15 is 0 Å². The molecule has 2 aromatic rings. The molecular formula is C17H21NS. The second-order valence-corrected chi connectivity index (χ2v) is 6.31. The highest BCUT2D eigenvalue weighted by molar-refractivity contribution is 7.13. The van der Waals surface area contributed by atoms with Gasteiger partial charge in [0, 0.05) is 10.9 Å². The third-order valence-corrected chi connectivity index (χ3v) is 5.05. The molecule has 0 aliphatic heterocycles. The first-order valence-corrected chi connectivity index (χ1v) is 8.08. The normalized spacial score (nSPS) is 17.7. The zero-order valence-electron chi connectivity index (χ0n) is 11.7. The van der Waals surface area contributed by atoms with Crippen molar-refractivity contribution in [2.24, 2.45) is 0 Å². The molecule has 0 spiro atoms. The number of thiophene rings is 1. The smallest absolute Gasteiger partial charge is 0.0371 e. The minimum atomic E-state index is 0.577. The van der Waals surface area contributed by atoms with E-state index in [1.54, 1.807) is 5.56 Å². The molecule has 0 amide bonds. The van der Waals surface area contributed by atoms with Crippen molar-refractivity contribution in [3.8, 4) is 10.4 Å². The molecule has 0 radical (unpaired) electrons. The first-order chi connectivity index (χ1) is 9.29. The Morgan fingerprint density at radius 3 is 2.95 bits per heavy atom. The van der Waals surface area contributed by atoms with Gasteiger partial charge in [0.2, 0.25) is 0 Å². The summed E-state index contributed by atoms with van der Waals surface area (Å²) in [7, 11) is 0. The Morgan fingerprint density at radius 2 is 2.21 bits per heavy atom. The highest BCUT2D eigenvalue weighted by atomic mass is 32.1. The molecule has 1 nitrogen and oxygen atoms in total. The number of rotatable bonds is 4. The SMILES string of the molecule is CCCNC1CCc2cc(-c3sccc3C)ccc21. The van der Waals surface area contributed by atoms with Gasteiger partial charge in [-0.2, -0.15) is 0 Å². The van der Waals surface area contributed by atoms with Crippen LogP contribution in [0.3, 0.4) is 0 Å². The van der Waals surface area contributed by atoms with Gasteiger partial charge in [0.25, 0.3) is 0 Å². The summed E-state index contributed by atoms with van der Waals surface area (Å²) >= 11 is 1.85. The first-order valence-electron chi connectivity index (χ1n) is 7.20. The second kappa shape index (κ2) is 5.48. The monoisotopic (exact) mass is 271 g/mol. The van der Waals surface area contributed by atoms with E-state index in [-0.39, 0.29) is 0 Å². The van der Waals surface area contributed by atoms with E-state index in [1.807, 2.05) is 11.3 Å². The Kier molecular flexibility index (Phi) is 3.72. The van der Waals surface area contributed by atoms with Crippen molar-refractivity contribution in [2.75, 3.05) is 6.54 Å². The van der Waals surface area contributed by atoms with E-state index in [2.05, 4.69) is 48.8 Å². The van der Waals surface area contributed by atoms with E-state index in [1.165, 1.54) is 40.8 Å². The zero-order valence-corrected chi connectivity index (χ0v) is 12.5. The minimum absolute atomic E-state index is 0.577. The minimum Gasteiger partial charge on any atom is -0.310 e. The van der Waals surface area contributed by atoms with Gasteiger partial charge in [-0.1, -0.05) is 19.1 Å². The molecule has 1 N–H and O–H groups in total. The molecule has 19 heavy (non-hydrogen) atoms. The Hall–Kier alpha value is -1.12. The highest BCUT2D eigenvalue weighted by Crippen LogP contribution is 2.36. The lowest BCUT2D eigenvalue weighted by Crippen LogP contribution is -2.19. The van der Waals surface area contributed by atoms with Gasteiger partial charge in [-0.25, -0.2) is 0 Å². The first kappa shape index (κ1) is 12.9. The summed E-state index contributed by atoms with van der Waals surface area (Å²) < 4.78 is 0. The number of hydrogen-bond acceptors (Lipinski definition) is 2. The van der Waals surface area contributed by atoms with Gasteiger partial charge in [0.1, 0.15) is 0 Å². The molecule has 1 aliphatic carbocycles. The van der Waals surface area contributed by atoms with Crippen LogP contribution in [0.4, 0.5) is 0 Å². The van der Waals surface area contributed by atoms with E-state index in [9.17, 15) is 0 Å². The third kappa shape index (κ3) is 2.47. The van der Waals surface area contributed by atoms with Gasteiger partial charge in [-0.3, -0.25) is 0 Å². The summed E-state index contributed by atoms with van der Waals surface area (Å²) in [4.78, 5) is 1.42. The van der Waals surface area contributed by atoms with Crippen molar-refractivity contribution in [3.05, 3.63) is 46.3 Å². The largest absolute Gasteiger partial charge is 0.310 e. The quantitative estimate of drug-likeness (QED) is 0.849. The molecule has 0 bridgehead atoms. The third-order valence-electron chi connectivity index (χ3n) is 3.99. The van der Waals surface area contributed by atoms with Gasteiger partial charge in [0.05, 0.1) is 0 Å². The predicted molar refractivity (Wildman–Crippen MR) is 83.8 cm³/mol.